The van der Waals surface area contributed by atoms with Gasteiger partial charge in [0.1, 0.15) is 5.75 Å². The van der Waals surface area contributed by atoms with E-state index in [2.05, 4.69) is 4.98 Å². The second kappa shape index (κ2) is 6.29. The van der Waals surface area contributed by atoms with Crippen molar-refractivity contribution in [1.29, 1.82) is 0 Å². The largest absolute Gasteiger partial charge is 0.495 e. The van der Waals surface area contributed by atoms with Gasteiger partial charge in [0.05, 0.1) is 17.7 Å². The van der Waals surface area contributed by atoms with Gasteiger partial charge in [-0.05, 0) is 29.8 Å². The summed E-state index contributed by atoms with van der Waals surface area (Å²) in [5, 5.41) is 0. The molecule has 2 aromatic rings. The van der Waals surface area contributed by atoms with Crippen LogP contribution in [-0.2, 0) is 4.79 Å². The Morgan fingerprint density at radius 3 is 2.82 bits per heavy atom. The predicted octanol–water partition coefficient (Wildman–Crippen LogP) is 3.50. The van der Waals surface area contributed by atoms with Crippen molar-refractivity contribution in [1.82, 2.24) is 4.98 Å². The van der Waals surface area contributed by atoms with Crippen LogP contribution in [0.4, 0.5) is 5.69 Å². The summed E-state index contributed by atoms with van der Waals surface area (Å²) in [5.41, 5.74) is 1.52. The molecule has 0 saturated carbocycles. The van der Waals surface area contributed by atoms with E-state index in [-0.39, 0.29) is 5.91 Å². The van der Waals surface area contributed by atoms with Crippen LogP contribution in [0.5, 0.6) is 5.75 Å². The minimum Gasteiger partial charge on any atom is -0.495 e. The van der Waals surface area contributed by atoms with Gasteiger partial charge < -0.3 is 4.74 Å². The van der Waals surface area contributed by atoms with E-state index in [0.717, 1.165) is 5.56 Å². The molecule has 1 aromatic carbocycles. The summed E-state index contributed by atoms with van der Waals surface area (Å²) in [6.45, 7) is 0. The minimum atomic E-state index is -0.150. The average molecular weight is 328 g/mol. The zero-order chi connectivity index (χ0) is 15.5. The predicted molar refractivity (Wildman–Crippen MR) is 92.9 cm³/mol. The molecule has 6 heteroatoms. The van der Waals surface area contributed by atoms with Crippen LogP contribution in [0.25, 0.3) is 6.08 Å². The van der Waals surface area contributed by atoms with Gasteiger partial charge in [0.2, 0.25) is 0 Å². The maximum atomic E-state index is 12.7. The fourth-order valence-corrected chi connectivity index (χ4v) is 3.39. The quantitative estimate of drug-likeness (QED) is 0.637. The van der Waals surface area contributed by atoms with E-state index in [1.54, 1.807) is 31.6 Å². The summed E-state index contributed by atoms with van der Waals surface area (Å²) in [5.74, 6) is 0.463. The molecule has 1 aliphatic rings. The second-order valence-corrected chi connectivity index (χ2v) is 6.15. The van der Waals surface area contributed by atoms with E-state index in [0.29, 0.717) is 20.7 Å². The molecule has 1 amide bonds. The number of amides is 1. The molecular formula is C16H12N2O2S2. The Morgan fingerprint density at radius 2 is 2.09 bits per heavy atom. The molecule has 0 unspecified atom stereocenters. The lowest BCUT2D eigenvalue weighted by Crippen LogP contribution is -2.27. The number of nitrogens with zero attached hydrogens (tertiary/aromatic N) is 2. The first-order valence-corrected chi connectivity index (χ1v) is 7.74. The van der Waals surface area contributed by atoms with Crippen LogP contribution in [0.3, 0.4) is 0 Å². The molecule has 0 N–H and O–H groups in total. The minimum absolute atomic E-state index is 0.150. The van der Waals surface area contributed by atoms with Crippen LogP contribution >= 0.6 is 24.0 Å². The number of aromatic nitrogens is 1. The number of thioether (sulfide) groups is 1. The van der Waals surface area contributed by atoms with Gasteiger partial charge >= 0.3 is 0 Å². The van der Waals surface area contributed by atoms with E-state index in [1.807, 2.05) is 30.3 Å². The SMILES string of the molecule is COc1ccccc1N1C(=O)C(=Cc2cccnc2)SC1=S. The lowest BCUT2D eigenvalue weighted by atomic mass is 10.2. The monoisotopic (exact) mass is 328 g/mol. The maximum Gasteiger partial charge on any atom is 0.270 e. The number of hydrogen-bond acceptors (Lipinski definition) is 5. The fraction of sp³-hybridized carbons (Fsp3) is 0.0625. The van der Waals surface area contributed by atoms with Crippen LogP contribution in [0.15, 0.2) is 53.7 Å². The summed E-state index contributed by atoms with van der Waals surface area (Å²) in [6.07, 6.45) is 5.19. The van der Waals surface area contributed by atoms with E-state index in [9.17, 15) is 4.79 Å². The van der Waals surface area contributed by atoms with Gasteiger partial charge in [0.25, 0.3) is 5.91 Å². The zero-order valence-electron chi connectivity index (χ0n) is 11.7. The van der Waals surface area contributed by atoms with Gasteiger partial charge in [-0.2, -0.15) is 0 Å². The first-order chi connectivity index (χ1) is 10.7. The van der Waals surface area contributed by atoms with E-state index in [4.69, 9.17) is 17.0 Å². The number of rotatable bonds is 3. The third-order valence-electron chi connectivity index (χ3n) is 3.10. The number of para-hydroxylation sites is 2. The van der Waals surface area contributed by atoms with E-state index < -0.39 is 0 Å². The van der Waals surface area contributed by atoms with Crippen molar-refractivity contribution in [2.75, 3.05) is 12.0 Å². The molecule has 0 bridgehead atoms. The van der Waals surface area contributed by atoms with Gasteiger partial charge in [0.15, 0.2) is 4.32 Å². The van der Waals surface area contributed by atoms with Gasteiger partial charge in [-0.25, -0.2) is 0 Å². The molecule has 1 aliphatic heterocycles. The highest BCUT2D eigenvalue weighted by Gasteiger charge is 2.34. The van der Waals surface area contributed by atoms with Crippen LogP contribution in [-0.4, -0.2) is 22.3 Å². The van der Waals surface area contributed by atoms with Crippen molar-refractivity contribution in [2.45, 2.75) is 0 Å². The molecule has 1 fully saturated rings. The van der Waals surface area contributed by atoms with Gasteiger partial charge in [-0.3, -0.25) is 14.7 Å². The third-order valence-corrected chi connectivity index (χ3v) is 4.40. The molecule has 22 heavy (non-hydrogen) atoms. The molecule has 4 nitrogen and oxygen atoms in total. The molecule has 0 spiro atoms. The summed E-state index contributed by atoms with van der Waals surface area (Å²) in [7, 11) is 1.57. The zero-order valence-corrected chi connectivity index (χ0v) is 13.4. The van der Waals surface area contributed by atoms with Gasteiger partial charge in [0, 0.05) is 12.4 Å². The van der Waals surface area contributed by atoms with Crippen LogP contribution in [0.2, 0.25) is 0 Å². The van der Waals surface area contributed by atoms with Crippen molar-refractivity contribution in [2.24, 2.45) is 0 Å². The van der Waals surface area contributed by atoms with E-state index >= 15 is 0 Å². The Morgan fingerprint density at radius 1 is 1.27 bits per heavy atom. The normalized spacial score (nSPS) is 16.4. The molecule has 0 aliphatic carbocycles. The molecule has 3 rings (SSSR count). The Balaban J connectivity index is 1.97. The first kappa shape index (κ1) is 14.7. The Bertz CT molecular complexity index is 760. The van der Waals surface area contributed by atoms with E-state index in [1.165, 1.54) is 16.7 Å². The van der Waals surface area contributed by atoms with Gasteiger partial charge in [-0.1, -0.05) is 42.2 Å². The lowest BCUT2D eigenvalue weighted by molar-refractivity contribution is -0.113. The number of ether oxygens (including phenoxy) is 1. The number of thiocarbonyl (C=S) groups is 1. The highest BCUT2D eigenvalue weighted by molar-refractivity contribution is 8.27. The number of benzene rings is 1. The molecule has 1 aromatic heterocycles. The maximum absolute atomic E-state index is 12.7. The number of pyridine rings is 1. The molecule has 2 heterocycles. The molecular weight excluding hydrogens is 316 g/mol. The Hall–Kier alpha value is -2.18. The Kier molecular flexibility index (Phi) is 4.22. The summed E-state index contributed by atoms with van der Waals surface area (Å²) < 4.78 is 5.81. The average Bonchev–Trinajstić information content (AvgIpc) is 2.82. The van der Waals surface area contributed by atoms with Crippen LogP contribution in [0.1, 0.15) is 5.56 Å². The summed E-state index contributed by atoms with van der Waals surface area (Å²) >= 11 is 6.63. The second-order valence-electron chi connectivity index (χ2n) is 4.48. The number of methoxy groups -OCH3 is 1. The van der Waals surface area contributed by atoms with Crippen LogP contribution in [0, 0.1) is 0 Å². The Labute approximate surface area is 137 Å². The smallest absolute Gasteiger partial charge is 0.270 e. The molecule has 0 radical (unpaired) electrons. The number of hydrogen-bond donors (Lipinski definition) is 0. The standard InChI is InChI=1S/C16H12N2O2S2/c1-20-13-7-3-2-6-12(13)18-15(19)14(22-16(18)21)9-11-5-4-8-17-10-11/h2-10H,1H3. The third kappa shape index (κ3) is 2.75. The highest BCUT2D eigenvalue weighted by atomic mass is 32.2. The summed E-state index contributed by atoms with van der Waals surface area (Å²) in [6, 6.07) is 11.0. The topological polar surface area (TPSA) is 42.4 Å². The van der Waals surface area contributed by atoms with Crippen molar-refractivity contribution >= 4 is 46.0 Å². The number of carbonyl (C=O) groups is 1. The lowest BCUT2D eigenvalue weighted by Gasteiger charge is -2.17. The number of anilines is 1. The molecule has 1 saturated heterocycles. The molecule has 0 atom stereocenters. The summed E-state index contributed by atoms with van der Waals surface area (Å²) in [4.78, 5) is 18.8. The first-order valence-electron chi connectivity index (χ1n) is 6.51. The molecule has 110 valence electrons. The van der Waals surface area contributed by atoms with Crippen molar-refractivity contribution < 1.29 is 9.53 Å². The van der Waals surface area contributed by atoms with Crippen LogP contribution < -0.4 is 9.64 Å². The van der Waals surface area contributed by atoms with Crippen molar-refractivity contribution in [3.8, 4) is 5.75 Å². The van der Waals surface area contributed by atoms with Crippen molar-refractivity contribution in [3.05, 3.63) is 59.3 Å². The number of carbonyl (C=O) groups excluding carboxylic acids is 1. The van der Waals surface area contributed by atoms with Gasteiger partial charge in [-0.15, -0.1) is 0 Å². The van der Waals surface area contributed by atoms with Crippen molar-refractivity contribution in [3.63, 3.8) is 0 Å². The fourth-order valence-electron chi connectivity index (χ4n) is 2.10. The highest BCUT2D eigenvalue weighted by Crippen LogP contribution is 2.39.